The lowest BCUT2D eigenvalue weighted by Gasteiger charge is -2.09. The van der Waals surface area contributed by atoms with E-state index in [-0.39, 0.29) is 5.75 Å². The Hall–Kier alpha value is -0.880. The van der Waals surface area contributed by atoms with E-state index in [1.807, 2.05) is 20.8 Å². The van der Waals surface area contributed by atoms with E-state index in [1.54, 1.807) is 4.68 Å². The van der Waals surface area contributed by atoms with Gasteiger partial charge in [0, 0.05) is 24.1 Å². The molecule has 1 atom stereocenters. The highest BCUT2D eigenvalue weighted by Gasteiger charge is 2.17. The summed E-state index contributed by atoms with van der Waals surface area (Å²) in [6.45, 7) is 6.27. The Morgan fingerprint density at radius 3 is 2.50 bits per heavy atom. The summed E-state index contributed by atoms with van der Waals surface area (Å²) < 4.78 is 23.9. The van der Waals surface area contributed by atoms with E-state index in [0.29, 0.717) is 19.4 Å². The van der Waals surface area contributed by atoms with Crippen molar-refractivity contribution in [3.05, 3.63) is 17.0 Å². The number of sulfone groups is 1. The number of nitrogens with zero attached hydrogens (tertiary/aromatic N) is 2. The van der Waals surface area contributed by atoms with Crippen LogP contribution in [0.25, 0.3) is 0 Å². The van der Waals surface area contributed by atoms with Crippen molar-refractivity contribution in [2.75, 3.05) is 12.0 Å². The van der Waals surface area contributed by atoms with Crippen molar-refractivity contribution < 1.29 is 13.5 Å². The van der Waals surface area contributed by atoms with Gasteiger partial charge in [0.1, 0.15) is 9.84 Å². The second-order valence-electron chi connectivity index (χ2n) is 4.72. The van der Waals surface area contributed by atoms with Crippen molar-refractivity contribution in [2.45, 2.75) is 46.3 Å². The van der Waals surface area contributed by atoms with Crippen LogP contribution in [-0.4, -0.2) is 35.3 Å². The van der Waals surface area contributed by atoms with Crippen LogP contribution in [0.3, 0.4) is 0 Å². The van der Waals surface area contributed by atoms with Gasteiger partial charge in [-0.25, -0.2) is 8.42 Å². The minimum atomic E-state index is -2.92. The van der Waals surface area contributed by atoms with Crippen molar-refractivity contribution in [2.24, 2.45) is 0 Å². The number of aromatic nitrogens is 2. The van der Waals surface area contributed by atoms with Gasteiger partial charge in [-0.15, -0.1) is 0 Å². The van der Waals surface area contributed by atoms with Gasteiger partial charge in [-0.3, -0.25) is 4.68 Å². The molecule has 18 heavy (non-hydrogen) atoms. The van der Waals surface area contributed by atoms with E-state index >= 15 is 0 Å². The zero-order chi connectivity index (χ0) is 13.9. The average molecular weight is 274 g/mol. The Bertz CT molecular complexity index is 506. The van der Waals surface area contributed by atoms with Crippen LogP contribution in [0.1, 0.15) is 42.8 Å². The molecule has 0 aliphatic rings. The maximum absolute atomic E-state index is 11.1. The molecular weight excluding hydrogens is 252 g/mol. The van der Waals surface area contributed by atoms with Crippen LogP contribution < -0.4 is 0 Å². The number of aryl methyl sites for hydroxylation is 2. The summed E-state index contributed by atoms with van der Waals surface area (Å²) in [7, 11) is -2.92. The summed E-state index contributed by atoms with van der Waals surface area (Å²) in [5, 5.41) is 14.3. The fourth-order valence-corrected chi connectivity index (χ4v) is 2.74. The summed E-state index contributed by atoms with van der Waals surface area (Å²) in [5.74, 6) is 0.164. The van der Waals surface area contributed by atoms with Crippen LogP contribution in [-0.2, 0) is 16.4 Å². The van der Waals surface area contributed by atoms with Gasteiger partial charge in [-0.05, 0) is 26.7 Å². The molecule has 1 N–H and O–H groups in total. The van der Waals surface area contributed by atoms with Gasteiger partial charge < -0.3 is 5.11 Å². The van der Waals surface area contributed by atoms with Crippen molar-refractivity contribution in [3.8, 4) is 0 Å². The first-order valence-corrected chi connectivity index (χ1v) is 8.22. The Labute approximate surface area is 109 Å². The first-order valence-electron chi connectivity index (χ1n) is 6.16. The second-order valence-corrected chi connectivity index (χ2v) is 6.97. The molecule has 0 fully saturated rings. The summed E-state index contributed by atoms with van der Waals surface area (Å²) in [4.78, 5) is 0. The molecule has 1 aromatic heterocycles. The molecule has 1 heterocycles. The Balaban J connectivity index is 2.80. The summed E-state index contributed by atoms with van der Waals surface area (Å²) in [5.41, 5.74) is 2.62. The van der Waals surface area contributed by atoms with E-state index in [9.17, 15) is 13.5 Å². The van der Waals surface area contributed by atoms with Gasteiger partial charge in [0.2, 0.25) is 0 Å². The number of hydrogen-bond acceptors (Lipinski definition) is 4. The molecule has 6 heteroatoms. The van der Waals surface area contributed by atoms with Crippen molar-refractivity contribution in [1.29, 1.82) is 0 Å². The Morgan fingerprint density at radius 1 is 1.39 bits per heavy atom. The lowest BCUT2D eigenvalue weighted by molar-refractivity contribution is 0.172. The highest BCUT2D eigenvalue weighted by molar-refractivity contribution is 7.90. The van der Waals surface area contributed by atoms with E-state index in [1.165, 1.54) is 6.26 Å². The number of hydrogen-bond donors (Lipinski definition) is 1. The van der Waals surface area contributed by atoms with Gasteiger partial charge >= 0.3 is 0 Å². The van der Waals surface area contributed by atoms with E-state index in [0.717, 1.165) is 17.0 Å². The molecule has 1 rings (SSSR count). The van der Waals surface area contributed by atoms with Gasteiger partial charge in [-0.2, -0.15) is 5.10 Å². The maximum Gasteiger partial charge on any atom is 0.147 e. The Morgan fingerprint density at radius 2 is 2.00 bits per heavy atom. The highest BCUT2D eigenvalue weighted by atomic mass is 32.2. The predicted molar refractivity (Wildman–Crippen MR) is 71.3 cm³/mol. The monoisotopic (exact) mass is 274 g/mol. The van der Waals surface area contributed by atoms with Crippen molar-refractivity contribution in [1.82, 2.24) is 9.78 Å². The van der Waals surface area contributed by atoms with Crippen LogP contribution in [0.4, 0.5) is 0 Å². The van der Waals surface area contributed by atoms with Gasteiger partial charge in [-0.1, -0.05) is 6.92 Å². The van der Waals surface area contributed by atoms with Gasteiger partial charge in [0.15, 0.2) is 0 Å². The second kappa shape index (κ2) is 5.84. The van der Waals surface area contributed by atoms with Crippen molar-refractivity contribution in [3.63, 3.8) is 0 Å². The molecule has 0 aliphatic heterocycles. The van der Waals surface area contributed by atoms with Crippen LogP contribution in [0.2, 0.25) is 0 Å². The van der Waals surface area contributed by atoms with Crippen molar-refractivity contribution >= 4 is 9.84 Å². The standard InChI is InChI=1S/C12H22N2O3S/c1-5-11(15)12-9(2)13-14(10(12)3)7-6-8-18(4,16)17/h11,15H,5-8H2,1-4H3. The average Bonchev–Trinajstić information content (AvgIpc) is 2.52. The molecular formula is C12H22N2O3S. The molecule has 0 spiro atoms. The lowest BCUT2D eigenvalue weighted by atomic mass is 10.1. The SMILES string of the molecule is CCC(O)c1c(C)nn(CCCS(C)(=O)=O)c1C. The first kappa shape index (κ1) is 15.2. The minimum absolute atomic E-state index is 0.164. The third-order valence-electron chi connectivity index (χ3n) is 3.04. The Kier molecular flexibility index (Phi) is 4.92. The van der Waals surface area contributed by atoms with Crippen LogP contribution >= 0.6 is 0 Å². The summed E-state index contributed by atoms with van der Waals surface area (Å²) in [6.07, 6.45) is 1.94. The van der Waals surface area contributed by atoms with Gasteiger partial charge in [0.25, 0.3) is 0 Å². The van der Waals surface area contributed by atoms with Crippen LogP contribution in [0.15, 0.2) is 0 Å². The fraction of sp³-hybridized carbons (Fsp3) is 0.750. The maximum atomic E-state index is 11.1. The molecule has 0 aromatic carbocycles. The third kappa shape index (κ3) is 3.81. The van der Waals surface area contributed by atoms with E-state index in [4.69, 9.17) is 0 Å². The summed E-state index contributed by atoms with van der Waals surface area (Å²) in [6, 6.07) is 0. The quantitative estimate of drug-likeness (QED) is 0.850. The van der Waals surface area contributed by atoms with Crippen LogP contribution in [0, 0.1) is 13.8 Å². The normalized spacial score (nSPS) is 13.8. The molecule has 0 saturated heterocycles. The minimum Gasteiger partial charge on any atom is -0.388 e. The van der Waals surface area contributed by atoms with Crippen LogP contribution in [0.5, 0.6) is 0 Å². The molecule has 0 aliphatic carbocycles. The molecule has 5 nitrogen and oxygen atoms in total. The molecule has 1 unspecified atom stereocenters. The summed E-state index contributed by atoms with van der Waals surface area (Å²) >= 11 is 0. The molecule has 1 aromatic rings. The number of aliphatic hydroxyl groups excluding tert-OH is 1. The number of aliphatic hydroxyl groups is 1. The smallest absolute Gasteiger partial charge is 0.147 e. The third-order valence-corrected chi connectivity index (χ3v) is 4.07. The molecule has 0 amide bonds. The molecule has 0 bridgehead atoms. The zero-order valence-electron chi connectivity index (χ0n) is 11.5. The molecule has 104 valence electrons. The highest BCUT2D eigenvalue weighted by Crippen LogP contribution is 2.23. The first-order chi connectivity index (χ1) is 8.26. The van der Waals surface area contributed by atoms with E-state index in [2.05, 4.69) is 5.10 Å². The van der Waals surface area contributed by atoms with E-state index < -0.39 is 15.9 Å². The predicted octanol–water partition coefficient (Wildman–Crippen LogP) is 1.38. The molecule has 0 saturated carbocycles. The lowest BCUT2D eigenvalue weighted by Crippen LogP contribution is -2.10. The largest absolute Gasteiger partial charge is 0.388 e. The van der Waals surface area contributed by atoms with Gasteiger partial charge in [0.05, 0.1) is 17.6 Å². The topological polar surface area (TPSA) is 72.2 Å². The zero-order valence-corrected chi connectivity index (χ0v) is 12.3. The fourth-order valence-electron chi connectivity index (χ4n) is 2.09. The molecule has 0 radical (unpaired) electrons. The number of rotatable bonds is 6.